The molecule has 0 saturated carbocycles. The second-order valence-electron chi connectivity index (χ2n) is 8.42. The van der Waals surface area contributed by atoms with Crippen LogP contribution in [0.3, 0.4) is 0 Å². The lowest BCUT2D eigenvalue weighted by Crippen LogP contribution is -2.64. The van der Waals surface area contributed by atoms with E-state index in [9.17, 15) is 58.8 Å². The minimum atomic E-state index is -5.63. The highest BCUT2D eigenvalue weighted by Gasteiger charge is 2.50. The van der Waals surface area contributed by atoms with E-state index in [0.717, 1.165) is 23.8 Å². The van der Waals surface area contributed by atoms with E-state index in [1.807, 2.05) is 4.98 Å². The van der Waals surface area contributed by atoms with Gasteiger partial charge in [-0.3, -0.25) is 28.2 Å². The maximum Gasteiger partial charge on any atom is 0.483 e. The molecule has 11 atom stereocenters. The number of hydrogen-bond donors (Lipinski definition) is 9. The number of aliphatic hydroxyl groups excluding tert-OH is 5. The lowest BCUT2D eigenvalue weighted by atomic mass is 9.96. The third kappa shape index (κ3) is 7.66. The monoisotopic (exact) mass is 607 g/mol. The summed E-state index contributed by atoms with van der Waals surface area (Å²) in [7, 11) is -11.1. The highest BCUT2D eigenvalue weighted by molar-refractivity contribution is 7.61. The van der Waals surface area contributed by atoms with E-state index in [-0.39, 0.29) is 0 Å². The number of carbonyl (C=O) groups excluding carboxylic acids is 1. The van der Waals surface area contributed by atoms with Gasteiger partial charge in [-0.1, -0.05) is 0 Å². The molecular weight excluding hydrogens is 580 g/mol. The summed E-state index contributed by atoms with van der Waals surface area (Å²) in [6.45, 7) is -0.813. The first-order valence-electron chi connectivity index (χ1n) is 11.0. The average Bonchev–Trinajstić information content (AvgIpc) is 3.10. The van der Waals surface area contributed by atoms with Gasteiger partial charge in [-0.15, -0.1) is 0 Å². The number of ether oxygens (including phenoxy) is 2. The van der Waals surface area contributed by atoms with Crippen molar-refractivity contribution in [2.24, 2.45) is 0 Å². The zero-order chi connectivity index (χ0) is 29.3. The maximum atomic E-state index is 12.3. The van der Waals surface area contributed by atoms with E-state index < -0.39 is 101 Å². The summed E-state index contributed by atoms with van der Waals surface area (Å²) in [6.07, 6.45) is -13.4. The Morgan fingerprint density at radius 3 is 2.31 bits per heavy atom. The maximum absolute atomic E-state index is 12.3. The second kappa shape index (κ2) is 12.3. The summed E-state index contributed by atoms with van der Waals surface area (Å²) in [4.78, 5) is 56.1. The van der Waals surface area contributed by atoms with E-state index in [1.165, 1.54) is 0 Å². The third-order valence-electron chi connectivity index (χ3n) is 5.56. The van der Waals surface area contributed by atoms with Crippen molar-refractivity contribution in [3.8, 4) is 0 Å². The molecule has 3 heterocycles. The summed E-state index contributed by atoms with van der Waals surface area (Å²) in [5.74, 6) is -0.664. The molecule has 2 aliphatic heterocycles. The zero-order valence-electron chi connectivity index (χ0n) is 19.8. The van der Waals surface area contributed by atoms with Crippen molar-refractivity contribution in [1.82, 2.24) is 14.9 Å². The van der Waals surface area contributed by atoms with Gasteiger partial charge in [0, 0.05) is 19.2 Å². The highest BCUT2D eigenvalue weighted by atomic mass is 31.3. The van der Waals surface area contributed by atoms with Crippen LogP contribution in [0.2, 0.25) is 0 Å². The van der Waals surface area contributed by atoms with Crippen molar-refractivity contribution in [2.75, 3.05) is 13.2 Å². The van der Waals surface area contributed by atoms with Crippen LogP contribution in [0.1, 0.15) is 13.2 Å². The van der Waals surface area contributed by atoms with Crippen LogP contribution in [-0.2, 0) is 36.8 Å². The van der Waals surface area contributed by atoms with Crippen molar-refractivity contribution in [3.63, 3.8) is 0 Å². The number of aliphatic hydroxyl groups is 5. The number of aromatic amines is 1. The minimum absolute atomic E-state index is 0.664. The molecule has 1 amide bonds. The SMILES string of the molecule is CC(=O)N[C@H]1[C@H](O)[C@@H](O)[C@@H](OP(=O)(O)OP(=O)(O)OC[C@H]2O[C@@H](n3ccc(=O)[nH]c3=O)[C@H](O)[C@@H]2O)O[C@@H]1CO. The van der Waals surface area contributed by atoms with Gasteiger partial charge < -0.3 is 50.1 Å². The van der Waals surface area contributed by atoms with Gasteiger partial charge in [-0.05, 0) is 0 Å². The molecule has 39 heavy (non-hydrogen) atoms. The minimum Gasteiger partial charge on any atom is -0.394 e. The largest absolute Gasteiger partial charge is 0.483 e. The van der Waals surface area contributed by atoms with Crippen molar-refractivity contribution in [2.45, 2.75) is 62.1 Å². The number of nitrogens with one attached hydrogen (secondary N) is 2. The molecule has 1 aromatic rings. The van der Waals surface area contributed by atoms with Crippen LogP contribution >= 0.6 is 15.6 Å². The van der Waals surface area contributed by atoms with Crippen LogP contribution in [-0.4, -0.2) is 113 Å². The summed E-state index contributed by atoms with van der Waals surface area (Å²) in [5.41, 5.74) is -1.75. The summed E-state index contributed by atoms with van der Waals surface area (Å²) < 4.78 is 48.8. The van der Waals surface area contributed by atoms with Gasteiger partial charge in [0.25, 0.3) is 5.56 Å². The van der Waals surface area contributed by atoms with Crippen LogP contribution in [0.5, 0.6) is 0 Å². The lowest BCUT2D eigenvalue weighted by molar-refractivity contribution is -0.255. The predicted octanol–water partition coefficient (Wildman–Crippen LogP) is -4.65. The molecule has 2 aliphatic rings. The summed E-state index contributed by atoms with van der Waals surface area (Å²) in [6, 6.07) is -0.422. The van der Waals surface area contributed by atoms with E-state index >= 15 is 0 Å². The Balaban J connectivity index is 1.62. The Kier molecular flexibility index (Phi) is 10.0. The number of H-pyrrole nitrogens is 1. The van der Waals surface area contributed by atoms with Gasteiger partial charge in [0.1, 0.15) is 36.6 Å². The number of hydrogen-bond acceptors (Lipinski definition) is 15. The number of carbonyl (C=O) groups is 1. The molecule has 0 bridgehead atoms. The molecule has 222 valence electrons. The number of nitrogens with zero attached hydrogens (tertiary/aromatic N) is 1. The second-order valence-corrected chi connectivity index (χ2v) is 11.4. The van der Waals surface area contributed by atoms with E-state index in [1.54, 1.807) is 0 Å². The average molecular weight is 607 g/mol. The van der Waals surface area contributed by atoms with Crippen molar-refractivity contribution in [1.29, 1.82) is 0 Å². The fourth-order valence-electron chi connectivity index (χ4n) is 3.78. The molecule has 2 saturated heterocycles. The van der Waals surface area contributed by atoms with Crippen molar-refractivity contribution < 1.29 is 72.1 Å². The molecular formula is C17H27N3O17P2. The van der Waals surface area contributed by atoms with Gasteiger partial charge in [-0.2, -0.15) is 4.31 Å². The highest BCUT2D eigenvalue weighted by Crippen LogP contribution is 2.61. The van der Waals surface area contributed by atoms with Gasteiger partial charge in [0.15, 0.2) is 12.5 Å². The van der Waals surface area contributed by atoms with Gasteiger partial charge in [-0.25, -0.2) is 13.9 Å². The predicted molar refractivity (Wildman–Crippen MR) is 120 cm³/mol. The van der Waals surface area contributed by atoms with Crippen molar-refractivity contribution in [3.05, 3.63) is 33.1 Å². The number of amides is 1. The molecule has 0 aliphatic carbocycles. The van der Waals surface area contributed by atoms with E-state index in [0.29, 0.717) is 0 Å². The molecule has 22 heteroatoms. The molecule has 2 unspecified atom stereocenters. The number of phosphoric ester groups is 2. The smallest absolute Gasteiger partial charge is 0.394 e. The normalized spacial score (nSPS) is 36.2. The number of rotatable bonds is 10. The fraction of sp³-hybridized carbons (Fsp3) is 0.706. The lowest BCUT2D eigenvalue weighted by Gasteiger charge is -2.42. The van der Waals surface area contributed by atoms with Gasteiger partial charge >= 0.3 is 21.3 Å². The molecule has 0 radical (unpaired) electrons. The first-order valence-corrected chi connectivity index (χ1v) is 14.0. The molecule has 20 nitrogen and oxygen atoms in total. The zero-order valence-corrected chi connectivity index (χ0v) is 21.6. The van der Waals surface area contributed by atoms with Crippen LogP contribution < -0.4 is 16.6 Å². The molecule has 1 aromatic heterocycles. The molecule has 0 spiro atoms. The standard InChI is InChI=1S/C17H27N3O17P2/c1-6(22)18-10-7(4-21)35-16(14(27)12(10)25)36-39(31,32)37-38(29,30)33-5-8-11(24)13(26)15(34-8)20-3-2-9(23)19-17(20)28/h2-3,7-8,10-16,21,24-27H,4-5H2,1H3,(H,18,22)(H,29,30)(H,31,32)(H,19,23,28)/t7-,8-,10-,11-,12+,13-,14-,15-,16-/m1/s1. The quantitative estimate of drug-likeness (QED) is 0.113. The van der Waals surface area contributed by atoms with E-state index in [4.69, 9.17) is 9.47 Å². The van der Waals surface area contributed by atoms with E-state index in [2.05, 4.69) is 18.7 Å². The molecule has 3 rings (SSSR count). The Labute approximate surface area is 217 Å². The molecule has 9 N–H and O–H groups in total. The van der Waals surface area contributed by atoms with Crippen molar-refractivity contribution >= 4 is 21.6 Å². The van der Waals surface area contributed by atoms with Crippen LogP contribution in [0.15, 0.2) is 21.9 Å². The topological polar surface area (TPSA) is 306 Å². The summed E-state index contributed by atoms with van der Waals surface area (Å²) >= 11 is 0. The van der Waals surface area contributed by atoms with Crippen LogP contribution in [0.4, 0.5) is 0 Å². The van der Waals surface area contributed by atoms with Gasteiger partial charge in [0.05, 0.1) is 19.3 Å². The Morgan fingerprint density at radius 2 is 1.72 bits per heavy atom. The summed E-state index contributed by atoms with van der Waals surface area (Å²) in [5, 5.41) is 52.3. The Hall–Kier alpha value is -1.87. The first kappa shape index (κ1) is 31.7. The number of phosphoric acid groups is 2. The van der Waals surface area contributed by atoms with Crippen LogP contribution in [0.25, 0.3) is 0 Å². The third-order valence-corrected chi connectivity index (χ3v) is 8.16. The molecule has 2 fully saturated rings. The van der Waals surface area contributed by atoms with Gasteiger partial charge in [0.2, 0.25) is 5.91 Å². The van der Waals surface area contributed by atoms with Crippen LogP contribution in [0, 0.1) is 0 Å². The first-order chi connectivity index (χ1) is 18.0. The Morgan fingerprint density at radius 1 is 1.05 bits per heavy atom. The fourth-order valence-corrected chi connectivity index (χ4v) is 5.94. The molecule has 0 aromatic carbocycles. The Bertz CT molecular complexity index is 1240. The number of aromatic nitrogens is 2.